The molecule has 0 spiro atoms. The van der Waals surface area contributed by atoms with Crippen molar-refractivity contribution in [3.8, 4) is 0 Å². The van der Waals surface area contributed by atoms with E-state index in [1.807, 2.05) is 0 Å². The van der Waals surface area contributed by atoms with Crippen LogP contribution in [0.15, 0.2) is 0 Å². The molecule has 0 heterocycles. The molecule has 0 radical (unpaired) electrons. The molecule has 0 aromatic carbocycles. The van der Waals surface area contributed by atoms with Crippen molar-refractivity contribution in [2.75, 3.05) is 19.8 Å². The maximum Gasteiger partial charge on any atom is 0.242 e. The highest BCUT2D eigenvalue weighted by atomic mass is 16.5. The fraction of sp³-hybridized carbons (Fsp3) is 0.864. The van der Waals surface area contributed by atoms with Crippen LogP contribution in [0.1, 0.15) is 97.3 Å². The predicted octanol–water partition coefficient (Wildman–Crippen LogP) is 3.20. The Hall–Kier alpha value is -1.63. The first-order valence-electron chi connectivity index (χ1n) is 11.4. The molecule has 7 heteroatoms. The van der Waals surface area contributed by atoms with E-state index in [1.165, 1.54) is 25.7 Å². The maximum absolute atomic E-state index is 12.4. The number of primary amides is 1. The van der Waals surface area contributed by atoms with Gasteiger partial charge >= 0.3 is 0 Å². The number of nitrogens with two attached hydrogens (primary N) is 1. The molecule has 7 nitrogen and oxygen atoms in total. The first-order valence-corrected chi connectivity index (χ1v) is 11.4. The van der Waals surface area contributed by atoms with Crippen LogP contribution in [-0.4, -0.2) is 43.5 Å². The van der Waals surface area contributed by atoms with Crippen LogP contribution in [0.4, 0.5) is 0 Å². The summed E-state index contributed by atoms with van der Waals surface area (Å²) in [7, 11) is 0. The van der Waals surface area contributed by atoms with E-state index >= 15 is 0 Å². The SMILES string of the molecule is CCCCCCCCCC(=O)N[C@@H](CCC(N)=O)C(=O)NCCCOCCCC. The van der Waals surface area contributed by atoms with Gasteiger partial charge in [-0.1, -0.05) is 58.8 Å². The summed E-state index contributed by atoms with van der Waals surface area (Å²) in [5.74, 6) is -0.896. The van der Waals surface area contributed by atoms with Gasteiger partial charge in [0.05, 0.1) is 0 Å². The molecule has 0 rings (SSSR count). The van der Waals surface area contributed by atoms with Gasteiger partial charge in [-0.2, -0.15) is 0 Å². The third-order valence-electron chi connectivity index (χ3n) is 4.75. The summed E-state index contributed by atoms with van der Waals surface area (Å²) in [5, 5.41) is 5.58. The summed E-state index contributed by atoms with van der Waals surface area (Å²) < 4.78 is 5.46. The number of nitrogens with one attached hydrogen (secondary N) is 2. The lowest BCUT2D eigenvalue weighted by molar-refractivity contribution is -0.129. The number of unbranched alkanes of at least 4 members (excludes halogenated alkanes) is 7. The fourth-order valence-corrected chi connectivity index (χ4v) is 2.92. The third kappa shape index (κ3) is 18.2. The molecule has 170 valence electrons. The number of ether oxygens (including phenoxy) is 1. The number of carbonyl (C=O) groups excluding carboxylic acids is 3. The van der Waals surface area contributed by atoms with Crippen molar-refractivity contribution in [3.63, 3.8) is 0 Å². The molecule has 0 aliphatic heterocycles. The van der Waals surface area contributed by atoms with E-state index in [1.54, 1.807) is 0 Å². The Morgan fingerprint density at radius 3 is 2.10 bits per heavy atom. The van der Waals surface area contributed by atoms with E-state index in [9.17, 15) is 14.4 Å². The van der Waals surface area contributed by atoms with Gasteiger partial charge < -0.3 is 21.1 Å². The van der Waals surface area contributed by atoms with Gasteiger partial charge in [0.2, 0.25) is 17.7 Å². The first-order chi connectivity index (χ1) is 14.0. The minimum absolute atomic E-state index is 0.0654. The van der Waals surface area contributed by atoms with Crippen molar-refractivity contribution in [3.05, 3.63) is 0 Å². The summed E-state index contributed by atoms with van der Waals surface area (Å²) in [5.41, 5.74) is 5.20. The first kappa shape index (κ1) is 27.4. The zero-order chi connectivity index (χ0) is 21.7. The van der Waals surface area contributed by atoms with Crippen molar-refractivity contribution in [1.29, 1.82) is 0 Å². The highest BCUT2D eigenvalue weighted by molar-refractivity contribution is 5.88. The minimum atomic E-state index is -0.722. The zero-order valence-corrected chi connectivity index (χ0v) is 18.6. The number of amides is 3. The average Bonchev–Trinajstić information content (AvgIpc) is 2.69. The standard InChI is InChI=1S/C22H43N3O4/c1-3-5-7-8-9-10-11-13-21(27)25-19(14-15-20(23)26)22(28)24-16-12-18-29-17-6-4-2/h19H,3-18H2,1-2H3,(H2,23,26)(H,24,28)(H,25,27)/t19-/m0/s1. The van der Waals surface area contributed by atoms with Crippen LogP contribution < -0.4 is 16.4 Å². The predicted molar refractivity (Wildman–Crippen MR) is 116 cm³/mol. The molecule has 0 aliphatic rings. The van der Waals surface area contributed by atoms with Crippen LogP contribution in [0.25, 0.3) is 0 Å². The molecule has 29 heavy (non-hydrogen) atoms. The summed E-state index contributed by atoms with van der Waals surface area (Å²) in [6.45, 7) is 6.11. The normalized spacial score (nSPS) is 11.8. The van der Waals surface area contributed by atoms with E-state index in [4.69, 9.17) is 10.5 Å². The lowest BCUT2D eigenvalue weighted by Crippen LogP contribution is -2.47. The van der Waals surface area contributed by atoms with Gasteiger partial charge in [-0.25, -0.2) is 0 Å². The largest absolute Gasteiger partial charge is 0.381 e. The molecular formula is C22H43N3O4. The van der Waals surface area contributed by atoms with E-state index in [0.717, 1.165) is 38.7 Å². The Kier molecular flexibility index (Phi) is 18.6. The summed E-state index contributed by atoms with van der Waals surface area (Å²) in [6, 6.07) is -0.722. The van der Waals surface area contributed by atoms with Crippen molar-refractivity contribution in [2.45, 2.75) is 103 Å². The third-order valence-corrected chi connectivity index (χ3v) is 4.75. The average molecular weight is 414 g/mol. The summed E-state index contributed by atoms with van der Waals surface area (Å²) >= 11 is 0. The molecule has 0 aromatic rings. The number of hydrogen-bond donors (Lipinski definition) is 3. The Morgan fingerprint density at radius 2 is 1.45 bits per heavy atom. The molecule has 0 saturated carbocycles. The van der Waals surface area contributed by atoms with Crippen LogP contribution >= 0.6 is 0 Å². The smallest absolute Gasteiger partial charge is 0.242 e. The Morgan fingerprint density at radius 1 is 0.828 bits per heavy atom. The van der Waals surface area contributed by atoms with Gasteiger partial charge in [0, 0.05) is 32.6 Å². The van der Waals surface area contributed by atoms with Crippen LogP contribution in [0.2, 0.25) is 0 Å². The van der Waals surface area contributed by atoms with Gasteiger partial charge in [0.15, 0.2) is 0 Å². The second-order valence-electron chi connectivity index (χ2n) is 7.61. The van der Waals surface area contributed by atoms with Crippen LogP contribution in [0.5, 0.6) is 0 Å². The second-order valence-corrected chi connectivity index (χ2v) is 7.61. The lowest BCUT2D eigenvalue weighted by atomic mass is 10.1. The van der Waals surface area contributed by atoms with Crippen LogP contribution in [0, 0.1) is 0 Å². The van der Waals surface area contributed by atoms with Gasteiger partial charge in [-0.15, -0.1) is 0 Å². The molecule has 0 bridgehead atoms. The number of hydrogen-bond acceptors (Lipinski definition) is 4. The van der Waals surface area contributed by atoms with Gasteiger partial charge in [-0.05, 0) is 25.7 Å². The number of carbonyl (C=O) groups is 3. The molecule has 4 N–H and O–H groups in total. The van der Waals surface area contributed by atoms with E-state index in [-0.39, 0.29) is 24.7 Å². The molecule has 0 saturated heterocycles. The zero-order valence-electron chi connectivity index (χ0n) is 18.6. The van der Waals surface area contributed by atoms with Crippen LogP contribution in [-0.2, 0) is 19.1 Å². The van der Waals surface area contributed by atoms with Crippen molar-refractivity contribution in [2.24, 2.45) is 5.73 Å². The van der Waals surface area contributed by atoms with E-state index in [2.05, 4.69) is 24.5 Å². The van der Waals surface area contributed by atoms with E-state index in [0.29, 0.717) is 26.0 Å². The summed E-state index contributed by atoms with van der Waals surface area (Å²) in [6.07, 6.45) is 11.5. The molecule has 0 aromatic heterocycles. The highest BCUT2D eigenvalue weighted by Gasteiger charge is 2.20. The van der Waals surface area contributed by atoms with Crippen LogP contribution in [0.3, 0.4) is 0 Å². The molecule has 0 fully saturated rings. The Balaban J connectivity index is 4.13. The van der Waals surface area contributed by atoms with E-state index < -0.39 is 11.9 Å². The van der Waals surface area contributed by atoms with Crippen molar-refractivity contribution >= 4 is 17.7 Å². The quantitative estimate of drug-likeness (QED) is 0.266. The molecule has 0 aliphatic carbocycles. The highest BCUT2D eigenvalue weighted by Crippen LogP contribution is 2.08. The monoisotopic (exact) mass is 413 g/mol. The van der Waals surface area contributed by atoms with Crippen molar-refractivity contribution in [1.82, 2.24) is 10.6 Å². The molecular weight excluding hydrogens is 370 g/mol. The second kappa shape index (κ2) is 19.7. The maximum atomic E-state index is 12.4. The Bertz CT molecular complexity index is 444. The van der Waals surface area contributed by atoms with Gasteiger partial charge in [-0.3, -0.25) is 14.4 Å². The summed E-state index contributed by atoms with van der Waals surface area (Å²) in [4.78, 5) is 35.6. The van der Waals surface area contributed by atoms with Gasteiger partial charge in [0.25, 0.3) is 0 Å². The number of rotatable bonds is 20. The molecule has 3 amide bonds. The van der Waals surface area contributed by atoms with Gasteiger partial charge in [0.1, 0.15) is 6.04 Å². The lowest BCUT2D eigenvalue weighted by Gasteiger charge is -2.18. The topological polar surface area (TPSA) is 111 Å². The minimum Gasteiger partial charge on any atom is -0.381 e. The Labute approximate surface area is 176 Å². The fourth-order valence-electron chi connectivity index (χ4n) is 2.92. The molecule has 1 atom stereocenters. The van der Waals surface area contributed by atoms with Crippen molar-refractivity contribution < 1.29 is 19.1 Å². The molecule has 0 unspecified atom stereocenters.